The van der Waals surface area contributed by atoms with Crippen LogP contribution in [0.1, 0.15) is 20.8 Å². The number of nitrogens with zero attached hydrogens (tertiary/aromatic N) is 1. The normalized spacial score (nSPS) is 26.9. The zero-order chi connectivity index (χ0) is 13.1. The number of ether oxygens (including phenoxy) is 1. The largest absolute Gasteiger partial charge is 0.384 e. The molecule has 0 saturated carbocycles. The van der Waals surface area contributed by atoms with Crippen LogP contribution < -0.4 is 4.72 Å². The van der Waals surface area contributed by atoms with E-state index in [1.807, 2.05) is 0 Å². The van der Waals surface area contributed by atoms with Gasteiger partial charge >= 0.3 is 0 Å². The highest BCUT2D eigenvalue weighted by Gasteiger charge is 2.33. The topological polar surface area (TPSA) is 58.6 Å². The second-order valence-electron chi connectivity index (χ2n) is 5.06. The first-order valence-corrected chi connectivity index (χ1v) is 7.74. The van der Waals surface area contributed by atoms with Gasteiger partial charge in [-0.2, -0.15) is 0 Å². The molecule has 102 valence electrons. The molecule has 1 saturated heterocycles. The zero-order valence-corrected chi connectivity index (χ0v) is 12.0. The van der Waals surface area contributed by atoms with Gasteiger partial charge in [-0.25, -0.2) is 13.1 Å². The molecule has 0 aromatic rings. The van der Waals surface area contributed by atoms with Crippen molar-refractivity contribution in [2.75, 3.05) is 32.6 Å². The van der Waals surface area contributed by atoms with Crippen LogP contribution >= 0.6 is 0 Å². The number of likely N-dealkylation sites (tertiary alicyclic amines) is 1. The number of sulfonamides is 1. The van der Waals surface area contributed by atoms with Gasteiger partial charge in [-0.3, -0.25) is 4.90 Å². The van der Waals surface area contributed by atoms with Crippen molar-refractivity contribution in [2.24, 2.45) is 5.92 Å². The Balaban J connectivity index is 2.52. The van der Waals surface area contributed by atoms with E-state index in [4.69, 9.17) is 4.74 Å². The summed E-state index contributed by atoms with van der Waals surface area (Å²) in [4.78, 5) is 2.30. The zero-order valence-electron chi connectivity index (χ0n) is 11.1. The molecule has 1 aliphatic rings. The van der Waals surface area contributed by atoms with E-state index in [0.717, 1.165) is 13.1 Å². The van der Waals surface area contributed by atoms with Gasteiger partial charge in [0.25, 0.3) is 0 Å². The Morgan fingerprint density at radius 1 is 1.41 bits per heavy atom. The van der Waals surface area contributed by atoms with Crippen LogP contribution in [0.4, 0.5) is 0 Å². The minimum atomic E-state index is -3.21. The van der Waals surface area contributed by atoms with Gasteiger partial charge in [0, 0.05) is 32.3 Å². The lowest BCUT2D eigenvalue weighted by atomic mass is 10.1. The summed E-state index contributed by atoms with van der Waals surface area (Å²) in [6.07, 6.45) is 0. The standard InChI is InChI=1S/C11H24N2O3S/c1-9(2)13-7-10(3)11(8-13)12-17(14,15)6-5-16-4/h9-12H,5-8H2,1-4H3. The molecule has 17 heavy (non-hydrogen) atoms. The molecule has 1 aliphatic heterocycles. The number of hydrogen-bond donors (Lipinski definition) is 1. The minimum Gasteiger partial charge on any atom is -0.384 e. The maximum atomic E-state index is 11.8. The Morgan fingerprint density at radius 2 is 2.06 bits per heavy atom. The lowest BCUT2D eigenvalue weighted by Gasteiger charge is -2.20. The Labute approximate surface area is 105 Å². The van der Waals surface area contributed by atoms with Crippen molar-refractivity contribution in [1.29, 1.82) is 0 Å². The van der Waals surface area contributed by atoms with Gasteiger partial charge in [0.2, 0.25) is 10.0 Å². The van der Waals surface area contributed by atoms with Crippen LogP contribution in [-0.4, -0.2) is 58.0 Å². The monoisotopic (exact) mass is 264 g/mol. The van der Waals surface area contributed by atoms with Crippen LogP contribution in [0.5, 0.6) is 0 Å². The smallest absolute Gasteiger partial charge is 0.214 e. The molecule has 6 heteroatoms. The fourth-order valence-corrected chi connectivity index (χ4v) is 3.33. The molecule has 0 spiro atoms. The number of rotatable bonds is 6. The van der Waals surface area contributed by atoms with Crippen LogP contribution in [-0.2, 0) is 14.8 Å². The van der Waals surface area contributed by atoms with E-state index < -0.39 is 10.0 Å². The molecule has 0 aromatic heterocycles. The van der Waals surface area contributed by atoms with Crippen molar-refractivity contribution in [1.82, 2.24) is 9.62 Å². The SMILES string of the molecule is COCCS(=O)(=O)NC1CN(C(C)C)CC1C. The van der Waals surface area contributed by atoms with Gasteiger partial charge in [0.15, 0.2) is 0 Å². The third-order valence-corrected chi connectivity index (χ3v) is 4.62. The average Bonchev–Trinajstić information content (AvgIpc) is 2.57. The van der Waals surface area contributed by atoms with Gasteiger partial charge in [0.1, 0.15) is 0 Å². The third-order valence-electron chi connectivity index (χ3n) is 3.26. The molecule has 1 rings (SSSR count). The molecule has 5 nitrogen and oxygen atoms in total. The van der Waals surface area contributed by atoms with Crippen LogP contribution in [0, 0.1) is 5.92 Å². The van der Waals surface area contributed by atoms with Gasteiger partial charge < -0.3 is 4.74 Å². The molecule has 1 fully saturated rings. The molecule has 0 bridgehead atoms. The summed E-state index contributed by atoms with van der Waals surface area (Å²) in [5, 5.41) is 0. The van der Waals surface area contributed by atoms with Crippen LogP contribution in [0.2, 0.25) is 0 Å². The van der Waals surface area contributed by atoms with Crippen molar-refractivity contribution in [3.05, 3.63) is 0 Å². The van der Waals surface area contributed by atoms with E-state index in [1.54, 1.807) is 0 Å². The van der Waals surface area contributed by atoms with Crippen molar-refractivity contribution in [3.8, 4) is 0 Å². The molecule has 2 unspecified atom stereocenters. The highest BCUT2D eigenvalue weighted by Crippen LogP contribution is 2.19. The molecule has 0 amide bonds. The summed E-state index contributed by atoms with van der Waals surface area (Å²) in [6.45, 7) is 8.35. The highest BCUT2D eigenvalue weighted by molar-refractivity contribution is 7.89. The van der Waals surface area contributed by atoms with Gasteiger partial charge in [0.05, 0.1) is 12.4 Å². The maximum Gasteiger partial charge on any atom is 0.214 e. The van der Waals surface area contributed by atoms with Crippen LogP contribution in [0.15, 0.2) is 0 Å². The Hall–Kier alpha value is -0.170. The van der Waals surface area contributed by atoms with E-state index in [-0.39, 0.29) is 18.4 Å². The molecule has 0 aliphatic carbocycles. The van der Waals surface area contributed by atoms with E-state index in [9.17, 15) is 8.42 Å². The van der Waals surface area contributed by atoms with Crippen molar-refractivity contribution >= 4 is 10.0 Å². The van der Waals surface area contributed by atoms with Gasteiger partial charge in [-0.15, -0.1) is 0 Å². The van der Waals surface area contributed by atoms with E-state index in [0.29, 0.717) is 12.0 Å². The summed E-state index contributed by atoms with van der Waals surface area (Å²) in [6, 6.07) is 0.491. The van der Waals surface area contributed by atoms with Crippen molar-refractivity contribution in [3.63, 3.8) is 0 Å². The second-order valence-corrected chi connectivity index (χ2v) is 6.93. The van der Waals surface area contributed by atoms with Crippen molar-refractivity contribution < 1.29 is 13.2 Å². The third kappa shape index (κ3) is 4.54. The highest BCUT2D eigenvalue weighted by atomic mass is 32.2. The van der Waals surface area contributed by atoms with Gasteiger partial charge in [-0.05, 0) is 19.8 Å². The fraction of sp³-hybridized carbons (Fsp3) is 1.00. The second kappa shape index (κ2) is 6.13. The fourth-order valence-electron chi connectivity index (χ4n) is 2.06. The lowest BCUT2D eigenvalue weighted by Crippen LogP contribution is -2.42. The summed E-state index contributed by atoms with van der Waals surface area (Å²) in [5.41, 5.74) is 0. The van der Waals surface area contributed by atoms with Crippen LogP contribution in [0.25, 0.3) is 0 Å². The molecule has 2 atom stereocenters. The summed E-state index contributed by atoms with van der Waals surface area (Å²) in [7, 11) is -1.70. The Morgan fingerprint density at radius 3 is 2.53 bits per heavy atom. The van der Waals surface area contributed by atoms with E-state index >= 15 is 0 Å². The molecule has 0 aromatic carbocycles. The summed E-state index contributed by atoms with van der Waals surface area (Å²) < 4.78 is 31.1. The minimum absolute atomic E-state index is 0.0271. The molecular formula is C11H24N2O3S. The predicted octanol–water partition coefficient (Wildman–Crippen LogP) is 0.281. The quantitative estimate of drug-likeness (QED) is 0.749. The molecular weight excluding hydrogens is 240 g/mol. The van der Waals surface area contributed by atoms with E-state index in [2.05, 4.69) is 30.4 Å². The molecule has 0 radical (unpaired) electrons. The number of hydrogen-bond acceptors (Lipinski definition) is 4. The van der Waals surface area contributed by atoms with E-state index in [1.165, 1.54) is 7.11 Å². The summed E-state index contributed by atoms with van der Waals surface area (Å²) >= 11 is 0. The van der Waals surface area contributed by atoms with Crippen molar-refractivity contribution in [2.45, 2.75) is 32.9 Å². The lowest BCUT2D eigenvalue weighted by molar-refractivity contribution is 0.216. The van der Waals surface area contributed by atoms with Crippen LogP contribution in [0.3, 0.4) is 0 Å². The Kier molecular flexibility index (Phi) is 5.37. The average molecular weight is 264 g/mol. The first-order valence-electron chi connectivity index (χ1n) is 6.08. The number of methoxy groups -OCH3 is 1. The first-order chi connectivity index (χ1) is 7.85. The first kappa shape index (κ1) is 14.9. The Bertz CT molecular complexity index is 330. The summed E-state index contributed by atoms with van der Waals surface area (Å²) in [5.74, 6) is 0.392. The maximum absolute atomic E-state index is 11.8. The molecule has 1 N–H and O–H groups in total. The number of nitrogens with one attached hydrogen (secondary N) is 1. The molecule has 1 heterocycles. The van der Waals surface area contributed by atoms with Gasteiger partial charge in [-0.1, -0.05) is 6.92 Å². The predicted molar refractivity (Wildman–Crippen MR) is 68.5 cm³/mol.